The Kier molecular flexibility index (Phi) is 5.94. The van der Waals surface area contributed by atoms with Gasteiger partial charge in [-0.15, -0.1) is 0 Å². The van der Waals surface area contributed by atoms with Crippen molar-refractivity contribution in [3.63, 3.8) is 0 Å². The smallest absolute Gasteiger partial charge is 0.231 e. The topological polar surface area (TPSA) is 75.4 Å². The van der Waals surface area contributed by atoms with Crippen LogP contribution in [0.5, 0.6) is 0 Å². The normalized spacial score (nSPS) is 19.0. The molecule has 0 aromatic heterocycles. The molecule has 1 heterocycles. The van der Waals surface area contributed by atoms with E-state index in [0.717, 1.165) is 24.9 Å². The number of benzene rings is 1. The van der Waals surface area contributed by atoms with Gasteiger partial charge in [-0.2, -0.15) is 0 Å². The van der Waals surface area contributed by atoms with Gasteiger partial charge in [-0.25, -0.2) is 4.39 Å². The lowest BCUT2D eigenvalue weighted by atomic mass is 9.92. The third-order valence-electron chi connectivity index (χ3n) is 4.28. The summed E-state index contributed by atoms with van der Waals surface area (Å²) < 4.78 is 13.0. The summed E-state index contributed by atoms with van der Waals surface area (Å²) in [5.41, 5.74) is 5.78. The second kappa shape index (κ2) is 7.75. The van der Waals surface area contributed by atoms with Gasteiger partial charge in [-0.3, -0.25) is 14.5 Å². The first-order chi connectivity index (χ1) is 11.2. The van der Waals surface area contributed by atoms with E-state index in [-0.39, 0.29) is 30.1 Å². The van der Waals surface area contributed by atoms with Gasteiger partial charge < -0.3 is 11.1 Å². The molecule has 6 heteroatoms. The monoisotopic (exact) mass is 335 g/mol. The highest BCUT2D eigenvalue weighted by atomic mass is 19.1. The number of hydrogen-bond acceptors (Lipinski definition) is 3. The molecule has 0 spiro atoms. The summed E-state index contributed by atoms with van der Waals surface area (Å²) in [7, 11) is 0. The number of nitrogens with one attached hydrogen (secondary N) is 1. The first-order valence-corrected chi connectivity index (χ1v) is 8.32. The molecule has 2 rings (SSSR count). The van der Waals surface area contributed by atoms with E-state index in [2.05, 4.69) is 5.32 Å². The van der Waals surface area contributed by atoms with Gasteiger partial charge in [-0.1, -0.05) is 12.1 Å². The molecule has 1 aromatic carbocycles. The quantitative estimate of drug-likeness (QED) is 0.826. The molecule has 1 fully saturated rings. The minimum absolute atomic E-state index is 0.00344. The van der Waals surface area contributed by atoms with E-state index >= 15 is 0 Å². The van der Waals surface area contributed by atoms with E-state index < -0.39 is 5.54 Å². The Labute approximate surface area is 142 Å². The summed E-state index contributed by atoms with van der Waals surface area (Å²) in [6.45, 7) is 5.46. The molecule has 0 radical (unpaired) electrons. The molecule has 0 aliphatic carbocycles. The van der Waals surface area contributed by atoms with Crippen molar-refractivity contribution in [3.8, 4) is 0 Å². The van der Waals surface area contributed by atoms with Gasteiger partial charge in [0, 0.05) is 12.1 Å². The van der Waals surface area contributed by atoms with Crippen LogP contribution in [0.3, 0.4) is 0 Å². The molecule has 5 nitrogen and oxygen atoms in total. The second-order valence-electron chi connectivity index (χ2n) is 7.22. The number of carbonyl (C=O) groups is 2. The van der Waals surface area contributed by atoms with Gasteiger partial charge in [0.25, 0.3) is 0 Å². The first-order valence-electron chi connectivity index (χ1n) is 8.32. The number of halogens is 1. The molecule has 1 saturated heterocycles. The van der Waals surface area contributed by atoms with Crippen LogP contribution in [0.2, 0.25) is 0 Å². The van der Waals surface area contributed by atoms with E-state index in [4.69, 9.17) is 5.73 Å². The number of piperidine rings is 1. The molecule has 1 unspecified atom stereocenters. The number of nitrogens with zero attached hydrogens (tertiary/aromatic N) is 1. The fourth-order valence-corrected chi connectivity index (χ4v) is 3.23. The van der Waals surface area contributed by atoms with Crippen LogP contribution in [0.25, 0.3) is 0 Å². The first kappa shape index (κ1) is 18.4. The molecule has 0 saturated carbocycles. The van der Waals surface area contributed by atoms with Gasteiger partial charge in [0.1, 0.15) is 5.82 Å². The summed E-state index contributed by atoms with van der Waals surface area (Å²) >= 11 is 0. The summed E-state index contributed by atoms with van der Waals surface area (Å²) in [6, 6.07) is 6.32. The second-order valence-corrected chi connectivity index (χ2v) is 7.22. The number of hydrogen-bond donors (Lipinski definition) is 2. The van der Waals surface area contributed by atoms with Crippen molar-refractivity contribution in [2.75, 3.05) is 19.6 Å². The molecule has 132 valence electrons. The zero-order chi connectivity index (χ0) is 17.7. The number of carbonyl (C=O) groups excluding carboxylic acids is 2. The van der Waals surface area contributed by atoms with Crippen molar-refractivity contribution in [3.05, 3.63) is 35.6 Å². The van der Waals surface area contributed by atoms with E-state index in [1.54, 1.807) is 12.1 Å². The molecular weight excluding hydrogens is 309 g/mol. The van der Waals surface area contributed by atoms with Crippen LogP contribution in [-0.2, 0) is 16.0 Å². The molecule has 1 atom stereocenters. The Morgan fingerprint density at radius 2 is 2.00 bits per heavy atom. The maximum Gasteiger partial charge on any atom is 0.231 e. The van der Waals surface area contributed by atoms with Crippen molar-refractivity contribution < 1.29 is 14.0 Å². The van der Waals surface area contributed by atoms with Crippen LogP contribution in [-0.4, -0.2) is 41.9 Å². The van der Waals surface area contributed by atoms with Crippen LogP contribution in [0.15, 0.2) is 24.3 Å². The highest BCUT2D eigenvalue weighted by Gasteiger charge is 2.30. The summed E-state index contributed by atoms with van der Waals surface area (Å²) in [6.07, 6.45) is 2.31. The summed E-state index contributed by atoms with van der Waals surface area (Å²) in [4.78, 5) is 25.6. The lowest BCUT2D eigenvalue weighted by molar-refractivity contribution is -0.129. The fourth-order valence-electron chi connectivity index (χ4n) is 3.23. The van der Waals surface area contributed by atoms with Gasteiger partial charge in [-0.05, 0) is 57.4 Å². The summed E-state index contributed by atoms with van der Waals surface area (Å²) in [5, 5.41) is 3.09. The van der Waals surface area contributed by atoms with Gasteiger partial charge >= 0.3 is 0 Å². The van der Waals surface area contributed by atoms with E-state index in [1.807, 2.05) is 18.7 Å². The molecular formula is C18H26FN3O2. The maximum atomic E-state index is 13.0. The Hall–Kier alpha value is -1.95. The number of nitrogens with two attached hydrogens (primary N) is 1. The molecule has 0 bridgehead atoms. The van der Waals surface area contributed by atoms with Crippen molar-refractivity contribution in [2.45, 2.75) is 38.6 Å². The Morgan fingerprint density at radius 3 is 2.62 bits per heavy atom. The summed E-state index contributed by atoms with van der Waals surface area (Å²) in [5.74, 6) is -0.771. The van der Waals surface area contributed by atoms with Crippen LogP contribution in [0.4, 0.5) is 4.39 Å². The zero-order valence-electron chi connectivity index (χ0n) is 14.3. The van der Waals surface area contributed by atoms with Crippen molar-refractivity contribution >= 4 is 11.8 Å². The van der Waals surface area contributed by atoms with Crippen molar-refractivity contribution in [1.29, 1.82) is 0 Å². The van der Waals surface area contributed by atoms with Gasteiger partial charge in [0.05, 0.1) is 12.5 Å². The number of likely N-dealkylation sites (tertiary alicyclic amines) is 1. The highest BCUT2D eigenvalue weighted by Crippen LogP contribution is 2.19. The van der Waals surface area contributed by atoms with Crippen LogP contribution >= 0.6 is 0 Å². The van der Waals surface area contributed by atoms with Crippen LogP contribution in [0, 0.1) is 11.7 Å². The number of rotatable bonds is 6. The SMILES string of the molecule is CC(C)(Cc1ccc(F)cc1)NC(=O)C1CCCN(CC(N)=O)C1. The molecule has 24 heavy (non-hydrogen) atoms. The van der Waals surface area contributed by atoms with Crippen LogP contribution < -0.4 is 11.1 Å². The predicted octanol–water partition coefficient (Wildman–Crippen LogP) is 1.46. The predicted molar refractivity (Wildman–Crippen MR) is 90.7 cm³/mol. The van der Waals surface area contributed by atoms with Crippen LogP contribution in [0.1, 0.15) is 32.3 Å². The third-order valence-corrected chi connectivity index (χ3v) is 4.28. The minimum atomic E-state index is -0.430. The standard InChI is InChI=1S/C18H26FN3O2/c1-18(2,10-13-5-7-15(19)8-6-13)21-17(24)14-4-3-9-22(11-14)12-16(20)23/h5-8,14H,3-4,9-12H2,1-2H3,(H2,20,23)(H,21,24). The molecule has 3 N–H and O–H groups in total. The lowest BCUT2D eigenvalue weighted by Gasteiger charge is -2.34. The Balaban J connectivity index is 1.91. The molecule has 1 aliphatic rings. The minimum Gasteiger partial charge on any atom is -0.369 e. The lowest BCUT2D eigenvalue weighted by Crippen LogP contribution is -2.51. The van der Waals surface area contributed by atoms with Crippen molar-refractivity contribution in [2.24, 2.45) is 11.7 Å². The number of amides is 2. The molecule has 1 aliphatic heterocycles. The van der Waals surface area contributed by atoms with E-state index in [1.165, 1.54) is 12.1 Å². The maximum absolute atomic E-state index is 13.0. The van der Waals surface area contributed by atoms with Gasteiger partial charge in [0.15, 0.2) is 0 Å². The average Bonchev–Trinajstić information content (AvgIpc) is 2.48. The average molecular weight is 335 g/mol. The molecule has 1 aromatic rings. The van der Waals surface area contributed by atoms with E-state index in [0.29, 0.717) is 13.0 Å². The number of primary amides is 1. The Morgan fingerprint density at radius 1 is 1.33 bits per heavy atom. The third kappa shape index (κ3) is 5.60. The van der Waals surface area contributed by atoms with E-state index in [9.17, 15) is 14.0 Å². The Bertz CT molecular complexity index is 586. The molecule has 2 amide bonds. The highest BCUT2D eigenvalue weighted by molar-refractivity contribution is 5.80. The fraction of sp³-hybridized carbons (Fsp3) is 0.556. The zero-order valence-corrected chi connectivity index (χ0v) is 14.3. The largest absolute Gasteiger partial charge is 0.369 e. The van der Waals surface area contributed by atoms with Gasteiger partial charge in [0.2, 0.25) is 11.8 Å². The van der Waals surface area contributed by atoms with Crippen molar-refractivity contribution in [1.82, 2.24) is 10.2 Å².